The molecule has 0 aliphatic rings. The van der Waals surface area contributed by atoms with Gasteiger partial charge in [0.15, 0.2) is 0 Å². The molecule has 0 aliphatic heterocycles. The Morgan fingerprint density at radius 1 is 1.38 bits per heavy atom. The molecule has 1 rings (SSSR count). The Bertz CT molecular complexity index is 375. The summed E-state index contributed by atoms with van der Waals surface area (Å²) < 4.78 is 0. The monoisotopic (exact) mass is 216 g/mol. The molecule has 84 valence electrons. The average molecular weight is 216 g/mol. The molecule has 1 aromatic rings. The highest BCUT2D eigenvalue weighted by Gasteiger charge is 1.90. The Labute approximate surface area is 95.6 Å². The van der Waals surface area contributed by atoms with E-state index in [2.05, 4.69) is 39.6 Å². The van der Waals surface area contributed by atoms with E-state index < -0.39 is 0 Å². The molecule has 0 atom stereocenters. The SMILES string of the molecule is CNCc1ccc(C=CCCN=[N+]=[N-])cc1. The zero-order valence-corrected chi connectivity index (χ0v) is 9.43. The van der Waals surface area contributed by atoms with Crippen LogP contribution in [-0.2, 0) is 6.54 Å². The molecular weight excluding hydrogens is 200 g/mol. The van der Waals surface area contributed by atoms with Crippen LogP contribution in [0, 0.1) is 0 Å². The minimum atomic E-state index is 0.519. The summed E-state index contributed by atoms with van der Waals surface area (Å²) in [5, 5.41) is 6.57. The van der Waals surface area contributed by atoms with Crippen LogP contribution in [0.25, 0.3) is 16.5 Å². The van der Waals surface area contributed by atoms with Crippen molar-refractivity contribution < 1.29 is 0 Å². The van der Waals surface area contributed by atoms with Gasteiger partial charge in [-0.25, -0.2) is 0 Å². The average Bonchev–Trinajstić information content (AvgIpc) is 2.31. The lowest BCUT2D eigenvalue weighted by molar-refractivity contribution is 0.818. The van der Waals surface area contributed by atoms with Gasteiger partial charge in [0, 0.05) is 18.0 Å². The fourth-order valence-corrected chi connectivity index (χ4v) is 1.35. The van der Waals surface area contributed by atoms with Gasteiger partial charge in [-0.05, 0) is 30.1 Å². The van der Waals surface area contributed by atoms with Crippen molar-refractivity contribution in [2.24, 2.45) is 5.11 Å². The summed E-state index contributed by atoms with van der Waals surface area (Å²) >= 11 is 0. The summed E-state index contributed by atoms with van der Waals surface area (Å²) in [5.74, 6) is 0. The highest BCUT2D eigenvalue weighted by atomic mass is 15.1. The largest absolute Gasteiger partial charge is 0.316 e. The smallest absolute Gasteiger partial charge is 0.0292 e. The summed E-state index contributed by atoms with van der Waals surface area (Å²) in [6, 6.07) is 8.36. The van der Waals surface area contributed by atoms with E-state index in [9.17, 15) is 0 Å². The van der Waals surface area contributed by atoms with E-state index in [-0.39, 0.29) is 0 Å². The minimum Gasteiger partial charge on any atom is -0.316 e. The van der Waals surface area contributed by atoms with Gasteiger partial charge in [0.1, 0.15) is 0 Å². The maximum absolute atomic E-state index is 8.09. The first-order valence-corrected chi connectivity index (χ1v) is 5.27. The molecule has 0 saturated heterocycles. The number of nitrogens with one attached hydrogen (secondary N) is 1. The molecule has 0 fully saturated rings. The maximum atomic E-state index is 8.09. The van der Waals surface area contributed by atoms with Crippen molar-refractivity contribution >= 4 is 6.08 Å². The van der Waals surface area contributed by atoms with E-state index in [1.807, 2.05) is 19.2 Å². The molecule has 0 aliphatic carbocycles. The van der Waals surface area contributed by atoms with Crippen LogP contribution in [0.1, 0.15) is 17.5 Å². The van der Waals surface area contributed by atoms with Crippen molar-refractivity contribution in [2.75, 3.05) is 13.6 Å². The van der Waals surface area contributed by atoms with Gasteiger partial charge in [0.25, 0.3) is 0 Å². The molecule has 0 saturated carbocycles. The van der Waals surface area contributed by atoms with Gasteiger partial charge >= 0.3 is 0 Å². The van der Waals surface area contributed by atoms with E-state index in [0.29, 0.717) is 6.54 Å². The molecule has 0 bridgehead atoms. The molecule has 16 heavy (non-hydrogen) atoms. The zero-order chi connectivity index (χ0) is 11.6. The topological polar surface area (TPSA) is 60.8 Å². The number of azide groups is 1. The quantitative estimate of drug-likeness (QED) is 0.337. The second-order valence-corrected chi connectivity index (χ2v) is 3.42. The number of hydrogen-bond acceptors (Lipinski definition) is 2. The number of hydrogen-bond donors (Lipinski definition) is 1. The fourth-order valence-electron chi connectivity index (χ4n) is 1.35. The van der Waals surface area contributed by atoms with Crippen molar-refractivity contribution in [2.45, 2.75) is 13.0 Å². The molecule has 0 unspecified atom stereocenters. The number of benzene rings is 1. The maximum Gasteiger partial charge on any atom is 0.0292 e. The second kappa shape index (κ2) is 7.51. The highest BCUT2D eigenvalue weighted by molar-refractivity contribution is 5.49. The number of nitrogens with zero attached hydrogens (tertiary/aromatic N) is 3. The van der Waals surface area contributed by atoms with Gasteiger partial charge in [0.2, 0.25) is 0 Å². The van der Waals surface area contributed by atoms with E-state index >= 15 is 0 Å². The lowest BCUT2D eigenvalue weighted by atomic mass is 10.1. The lowest BCUT2D eigenvalue weighted by Gasteiger charge is -1.99. The molecule has 0 radical (unpaired) electrons. The summed E-state index contributed by atoms with van der Waals surface area (Å²) in [6.45, 7) is 1.41. The third-order valence-electron chi connectivity index (χ3n) is 2.13. The summed E-state index contributed by atoms with van der Waals surface area (Å²) in [7, 11) is 1.93. The first-order chi connectivity index (χ1) is 7.86. The minimum absolute atomic E-state index is 0.519. The van der Waals surface area contributed by atoms with Crippen molar-refractivity contribution in [3.8, 4) is 0 Å². The normalized spacial score (nSPS) is 10.3. The Morgan fingerprint density at radius 3 is 2.75 bits per heavy atom. The molecular formula is C12H16N4. The van der Waals surface area contributed by atoms with E-state index in [1.165, 1.54) is 11.1 Å². The van der Waals surface area contributed by atoms with Crippen molar-refractivity contribution in [1.82, 2.24) is 5.32 Å². The van der Waals surface area contributed by atoms with Gasteiger partial charge in [-0.2, -0.15) is 0 Å². The van der Waals surface area contributed by atoms with Crippen molar-refractivity contribution in [1.29, 1.82) is 0 Å². The highest BCUT2D eigenvalue weighted by Crippen LogP contribution is 2.06. The van der Waals surface area contributed by atoms with E-state index in [0.717, 1.165) is 13.0 Å². The van der Waals surface area contributed by atoms with Crippen molar-refractivity contribution in [3.63, 3.8) is 0 Å². The predicted octanol–water partition coefficient (Wildman–Crippen LogP) is 3.12. The summed E-state index contributed by atoms with van der Waals surface area (Å²) in [5.41, 5.74) is 10.5. The summed E-state index contributed by atoms with van der Waals surface area (Å²) in [6.07, 6.45) is 4.83. The van der Waals surface area contributed by atoms with Crippen LogP contribution in [0.3, 0.4) is 0 Å². The van der Waals surface area contributed by atoms with Crippen LogP contribution in [0.2, 0.25) is 0 Å². The van der Waals surface area contributed by atoms with Gasteiger partial charge in [-0.15, -0.1) is 0 Å². The van der Waals surface area contributed by atoms with Crippen LogP contribution in [0.5, 0.6) is 0 Å². The molecule has 4 nitrogen and oxygen atoms in total. The van der Waals surface area contributed by atoms with Gasteiger partial charge in [-0.1, -0.05) is 41.5 Å². The fraction of sp³-hybridized carbons (Fsp3) is 0.333. The molecule has 0 spiro atoms. The zero-order valence-electron chi connectivity index (χ0n) is 9.43. The van der Waals surface area contributed by atoms with E-state index in [4.69, 9.17) is 5.53 Å². The predicted molar refractivity (Wildman–Crippen MR) is 66.9 cm³/mol. The molecule has 1 N–H and O–H groups in total. The van der Waals surface area contributed by atoms with Crippen LogP contribution < -0.4 is 5.32 Å². The molecule has 0 heterocycles. The van der Waals surface area contributed by atoms with Crippen molar-refractivity contribution in [3.05, 3.63) is 51.9 Å². The second-order valence-electron chi connectivity index (χ2n) is 3.42. The third kappa shape index (κ3) is 4.64. The molecule has 1 aromatic carbocycles. The van der Waals surface area contributed by atoms with Gasteiger partial charge in [0.05, 0.1) is 0 Å². The van der Waals surface area contributed by atoms with Crippen LogP contribution >= 0.6 is 0 Å². The lowest BCUT2D eigenvalue weighted by Crippen LogP contribution is -2.04. The Balaban J connectivity index is 2.44. The van der Waals surface area contributed by atoms with Crippen LogP contribution in [-0.4, -0.2) is 13.6 Å². The Kier molecular flexibility index (Phi) is 5.78. The summed E-state index contributed by atoms with van der Waals surface area (Å²) in [4.78, 5) is 2.70. The standard InChI is InChI=1S/C12H16N4/c1-14-10-12-7-5-11(6-8-12)4-2-3-9-15-16-13/h2,4-8,14H,3,9-10H2,1H3. The van der Waals surface area contributed by atoms with E-state index in [1.54, 1.807) is 0 Å². The first kappa shape index (κ1) is 12.3. The Morgan fingerprint density at radius 2 is 2.12 bits per heavy atom. The van der Waals surface area contributed by atoms with Crippen LogP contribution in [0.15, 0.2) is 35.5 Å². The number of rotatable bonds is 6. The first-order valence-electron chi connectivity index (χ1n) is 5.27. The van der Waals surface area contributed by atoms with Crippen LogP contribution in [0.4, 0.5) is 0 Å². The van der Waals surface area contributed by atoms with Gasteiger partial charge < -0.3 is 5.32 Å². The molecule has 0 amide bonds. The molecule has 4 heteroatoms. The third-order valence-corrected chi connectivity index (χ3v) is 2.13. The van der Waals surface area contributed by atoms with Gasteiger partial charge in [-0.3, -0.25) is 0 Å². The molecule has 0 aromatic heterocycles. The Hall–Kier alpha value is -1.77.